The zero-order chi connectivity index (χ0) is 14.2. The fourth-order valence-electron chi connectivity index (χ4n) is 1.86. The van der Waals surface area contributed by atoms with Crippen molar-refractivity contribution in [1.29, 1.82) is 0 Å². The molecule has 19 heavy (non-hydrogen) atoms. The van der Waals surface area contributed by atoms with Gasteiger partial charge in [0.1, 0.15) is 11.6 Å². The average molecular weight is 266 g/mol. The summed E-state index contributed by atoms with van der Waals surface area (Å²) in [6.45, 7) is 3.93. The first-order valence-electron chi connectivity index (χ1n) is 5.94. The molecule has 1 aromatic carbocycles. The van der Waals surface area contributed by atoms with Gasteiger partial charge in [0.05, 0.1) is 17.1 Å². The van der Waals surface area contributed by atoms with Gasteiger partial charge in [-0.25, -0.2) is 8.78 Å². The normalized spacial score (nSPS) is 11.1. The van der Waals surface area contributed by atoms with Crippen molar-refractivity contribution < 1.29 is 8.78 Å². The van der Waals surface area contributed by atoms with Gasteiger partial charge in [-0.15, -0.1) is 0 Å². The van der Waals surface area contributed by atoms with Crippen LogP contribution in [0.5, 0.6) is 0 Å². The van der Waals surface area contributed by atoms with Crippen molar-refractivity contribution in [2.75, 3.05) is 11.1 Å². The molecule has 2 rings (SSSR count). The van der Waals surface area contributed by atoms with E-state index >= 15 is 0 Å². The highest BCUT2D eigenvalue weighted by molar-refractivity contribution is 5.72. The molecule has 0 bridgehead atoms. The van der Waals surface area contributed by atoms with Gasteiger partial charge in [-0.1, -0.05) is 13.8 Å². The summed E-state index contributed by atoms with van der Waals surface area (Å²) in [4.78, 5) is 0. The number of halogens is 2. The predicted octanol–water partition coefficient (Wildman–Crippen LogP) is 3.15. The summed E-state index contributed by atoms with van der Waals surface area (Å²) in [7, 11) is 1.70. The molecule has 0 radical (unpaired) electrons. The Bertz CT molecular complexity index is 605. The third-order valence-electron chi connectivity index (χ3n) is 2.84. The molecule has 0 aliphatic carbocycles. The molecule has 2 aromatic rings. The summed E-state index contributed by atoms with van der Waals surface area (Å²) in [6, 6.07) is 3.21. The minimum Gasteiger partial charge on any atom is -0.394 e. The standard InChI is InChI=1S/C13H16F2N4/c1-7(2)12-11(16)13(19(3)18-12)17-10-6-8(14)4-5-9(10)15/h4-7,17H,16H2,1-3H3. The number of nitrogen functional groups attached to an aromatic ring is 1. The largest absolute Gasteiger partial charge is 0.394 e. The van der Waals surface area contributed by atoms with Crippen molar-refractivity contribution in [1.82, 2.24) is 9.78 Å². The van der Waals surface area contributed by atoms with Crippen LogP contribution in [0.15, 0.2) is 18.2 Å². The van der Waals surface area contributed by atoms with E-state index in [0.717, 1.165) is 23.9 Å². The van der Waals surface area contributed by atoms with Crippen LogP contribution in [0.4, 0.5) is 26.0 Å². The molecule has 0 fully saturated rings. The maximum absolute atomic E-state index is 13.6. The van der Waals surface area contributed by atoms with Crippen LogP contribution in [0.1, 0.15) is 25.5 Å². The molecular weight excluding hydrogens is 250 g/mol. The number of hydrogen-bond acceptors (Lipinski definition) is 3. The molecule has 1 heterocycles. The van der Waals surface area contributed by atoms with Gasteiger partial charge in [0, 0.05) is 13.1 Å². The second kappa shape index (κ2) is 4.87. The SMILES string of the molecule is CC(C)c1nn(C)c(Nc2cc(F)ccc2F)c1N. The maximum Gasteiger partial charge on any atom is 0.152 e. The molecule has 102 valence electrons. The minimum absolute atomic E-state index is 0.0324. The van der Waals surface area contributed by atoms with Crippen LogP contribution in [-0.2, 0) is 7.05 Å². The molecule has 0 aliphatic rings. The van der Waals surface area contributed by atoms with Crippen LogP contribution >= 0.6 is 0 Å². The lowest BCUT2D eigenvalue weighted by molar-refractivity contribution is 0.603. The number of aryl methyl sites for hydroxylation is 1. The first kappa shape index (κ1) is 13.3. The molecule has 0 amide bonds. The molecule has 4 nitrogen and oxygen atoms in total. The average Bonchev–Trinajstić information content (AvgIpc) is 2.62. The Balaban J connectivity index is 2.41. The molecule has 0 atom stereocenters. The van der Waals surface area contributed by atoms with E-state index in [4.69, 9.17) is 5.73 Å². The Morgan fingerprint density at radius 3 is 2.58 bits per heavy atom. The Kier molecular flexibility index (Phi) is 3.42. The third-order valence-corrected chi connectivity index (χ3v) is 2.84. The summed E-state index contributed by atoms with van der Waals surface area (Å²) in [6.07, 6.45) is 0. The number of nitrogens with zero attached hydrogens (tertiary/aromatic N) is 2. The number of benzene rings is 1. The van der Waals surface area contributed by atoms with Gasteiger partial charge in [0.25, 0.3) is 0 Å². The van der Waals surface area contributed by atoms with Crippen LogP contribution in [0.3, 0.4) is 0 Å². The number of aromatic nitrogens is 2. The van der Waals surface area contributed by atoms with Crippen molar-refractivity contribution in [3.05, 3.63) is 35.5 Å². The lowest BCUT2D eigenvalue weighted by atomic mass is 10.1. The summed E-state index contributed by atoms with van der Waals surface area (Å²) in [5.74, 6) is -0.464. The Hall–Kier alpha value is -2.11. The van der Waals surface area contributed by atoms with E-state index in [1.54, 1.807) is 7.05 Å². The monoisotopic (exact) mass is 266 g/mol. The van der Waals surface area contributed by atoms with E-state index in [2.05, 4.69) is 10.4 Å². The van der Waals surface area contributed by atoms with Crippen molar-refractivity contribution in [2.45, 2.75) is 19.8 Å². The van der Waals surface area contributed by atoms with Crippen LogP contribution < -0.4 is 11.1 Å². The molecule has 6 heteroatoms. The number of rotatable bonds is 3. The van der Waals surface area contributed by atoms with Crippen LogP contribution in [0, 0.1) is 11.6 Å². The molecule has 3 N–H and O–H groups in total. The van der Waals surface area contributed by atoms with Gasteiger partial charge in [0.2, 0.25) is 0 Å². The smallest absolute Gasteiger partial charge is 0.152 e. The summed E-state index contributed by atoms with van der Waals surface area (Å²) >= 11 is 0. The summed E-state index contributed by atoms with van der Waals surface area (Å²) < 4.78 is 28.2. The number of anilines is 3. The first-order valence-corrected chi connectivity index (χ1v) is 5.94. The van der Waals surface area contributed by atoms with E-state index in [-0.39, 0.29) is 11.6 Å². The molecule has 0 unspecified atom stereocenters. The highest BCUT2D eigenvalue weighted by atomic mass is 19.1. The molecular formula is C13H16F2N4. The molecule has 0 saturated carbocycles. The van der Waals surface area contributed by atoms with Gasteiger partial charge >= 0.3 is 0 Å². The second-order valence-corrected chi connectivity index (χ2v) is 4.67. The van der Waals surface area contributed by atoms with Gasteiger partial charge < -0.3 is 11.1 Å². The minimum atomic E-state index is -0.548. The van der Waals surface area contributed by atoms with E-state index < -0.39 is 11.6 Å². The quantitative estimate of drug-likeness (QED) is 0.897. The second-order valence-electron chi connectivity index (χ2n) is 4.67. The predicted molar refractivity (Wildman–Crippen MR) is 71.4 cm³/mol. The summed E-state index contributed by atoms with van der Waals surface area (Å²) in [5.41, 5.74) is 7.18. The Morgan fingerprint density at radius 1 is 1.32 bits per heavy atom. The lowest BCUT2D eigenvalue weighted by Crippen LogP contribution is -2.03. The van der Waals surface area contributed by atoms with Gasteiger partial charge in [-0.3, -0.25) is 4.68 Å². The fraction of sp³-hybridized carbons (Fsp3) is 0.308. The topological polar surface area (TPSA) is 55.9 Å². The number of nitrogens with one attached hydrogen (secondary N) is 1. The Labute approximate surface area is 110 Å². The van der Waals surface area contributed by atoms with Crippen molar-refractivity contribution >= 4 is 17.2 Å². The van der Waals surface area contributed by atoms with Gasteiger partial charge in [0.15, 0.2) is 5.82 Å². The Morgan fingerprint density at radius 2 is 2.00 bits per heavy atom. The molecule has 0 saturated heterocycles. The van der Waals surface area contributed by atoms with E-state index in [1.807, 2.05) is 13.8 Å². The molecule has 0 spiro atoms. The van der Waals surface area contributed by atoms with Crippen molar-refractivity contribution in [2.24, 2.45) is 7.05 Å². The maximum atomic E-state index is 13.6. The number of nitrogens with two attached hydrogens (primary N) is 1. The zero-order valence-corrected chi connectivity index (χ0v) is 11.0. The zero-order valence-electron chi connectivity index (χ0n) is 11.0. The third kappa shape index (κ3) is 2.52. The fourth-order valence-corrected chi connectivity index (χ4v) is 1.86. The van der Waals surface area contributed by atoms with Crippen molar-refractivity contribution in [3.63, 3.8) is 0 Å². The van der Waals surface area contributed by atoms with E-state index in [0.29, 0.717) is 11.5 Å². The van der Waals surface area contributed by atoms with Crippen LogP contribution in [0.2, 0.25) is 0 Å². The lowest BCUT2D eigenvalue weighted by Gasteiger charge is -2.09. The van der Waals surface area contributed by atoms with Gasteiger partial charge in [-0.05, 0) is 18.1 Å². The highest BCUT2D eigenvalue weighted by Gasteiger charge is 2.17. The molecule has 0 aliphatic heterocycles. The summed E-state index contributed by atoms with van der Waals surface area (Å²) in [5, 5.41) is 7.06. The van der Waals surface area contributed by atoms with E-state index in [1.165, 1.54) is 4.68 Å². The molecule has 1 aromatic heterocycles. The highest BCUT2D eigenvalue weighted by Crippen LogP contribution is 2.30. The number of hydrogen-bond donors (Lipinski definition) is 2. The van der Waals surface area contributed by atoms with Crippen LogP contribution in [0.25, 0.3) is 0 Å². The van der Waals surface area contributed by atoms with Crippen LogP contribution in [-0.4, -0.2) is 9.78 Å². The van der Waals surface area contributed by atoms with E-state index in [9.17, 15) is 8.78 Å². The van der Waals surface area contributed by atoms with Gasteiger partial charge in [-0.2, -0.15) is 5.10 Å². The first-order chi connectivity index (χ1) is 8.90. The van der Waals surface area contributed by atoms with Crippen molar-refractivity contribution in [3.8, 4) is 0 Å².